The van der Waals surface area contributed by atoms with Gasteiger partial charge in [-0.3, -0.25) is 0 Å². The molecular formula is C18H19BN2O2S. The average Bonchev–Trinajstić information content (AvgIpc) is 3.10. The number of rotatable bonds is 2. The van der Waals surface area contributed by atoms with Gasteiger partial charge in [-0.05, 0) is 33.3 Å². The summed E-state index contributed by atoms with van der Waals surface area (Å²) >= 11 is 1.22. The Labute approximate surface area is 146 Å². The average molecular weight is 338 g/mol. The van der Waals surface area contributed by atoms with Crippen LogP contribution in [0.3, 0.4) is 0 Å². The van der Waals surface area contributed by atoms with Gasteiger partial charge in [0.1, 0.15) is 11.0 Å². The Morgan fingerprint density at radius 2 is 1.46 bits per heavy atom. The Kier molecular flexibility index (Phi) is 3.53. The first-order valence-electron chi connectivity index (χ1n) is 8.05. The minimum atomic E-state index is -0.425. The number of hydrogen-bond donors (Lipinski definition) is 0. The molecule has 0 unspecified atom stereocenters. The molecule has 1 fully saturated rings. The van der Waals surface area contributed by atoms with Crippen molar-refractivity contribution in [1.29, 1.82) is 0 Å². The summed E-state index contributed by atoms with van der Waals surface area (Å²) in [5, 5.41) is 0. The summed E-state index contributed by atoms with van der Waals surface area (Å²) in [6.07, 6.45) is 0. The molecule has 0 saturated carbocycles. The molecule has 0 N–H and O–H groups in total. The molecule has 1 aliphatic rings. The van der Waals surface area contributed by atoms with Gasteiger partial charge in [-0.2, -0.15) is 8.75 Å². The lowest BCUT2D eigenvalue weighted by molar-refractivity contribution is 0.00578. The smallest absolute Gasteiger partial charge is 0.399 e. The zero-order valence-corrected chi connectivity index (χ0v) is 15.1. The van der Waals surface area contributed by atoms with Gasteiger partial charge in [-0.15, -0.1) is 0 Å². The van der Waals surface area contributed by atoms with E-state index in [1.54, 1.807) is 0 Å². The Hall–Kier alpha value is -1.76. The number of fused-ring (bicyclic) bond motifs is 1. The van der Waals surface area contributed by atoms with Crippen molar-refractivity contribution >= 4 is 35.3 Å². The third-order valence-corrected chi connectivity index (χ3v) is 5.57. The molecule has 0 radical (unpaired) electrons. The maximum absolute atomic E-state index is 6.19. The van der Waals surface area contributed by atoms with E-state index >= 15 is 0 Å². The van der Waals surface area contributed by atoms with Crippen LogP contribution in [0, 0.1) is 0 Å². The van der Waals surface area contributed by atoms with Crippen molar-refractivity contribution in [3.8, 4) is 11.1 Å². The lowest BCUT2D eigenvalue weighted by Gasteiger charge is -2.32. The molecule has 1 aromatic heterocycles. The molecule has 0 bridgehead atoms. The second-order valence-electron chi connectivity index (χ2n) is 7.12. The van der Waals surface area contributed by atoms with Crippen molar-refractivity contribution in [2.75, 3.05) is 0 Å². The van der Waals surface area contributed by atoms with Gasteiger partial charge in [-0.25, -0.2) is 0 Å². The summed E-state index contributed by atoms with van der Waals surface area (Å²) < 4.78 is 21.4. The van der Waals surface area contributed by atoms with Crippen LogP contribution >= 0.6 is 11.7 Å². The molecule has 24 heavy (non-hydrogen) atoms. The third-order valence-electron chi connectivity index (χ3n) is 5.04. The lowest BCUT2D eigenvalue weighted by Crippen LogP contribution is -2.41. The van der Waals surface area contributed by atoms with Crippen molar-refractivity contribution in [3.05, 3.63) is 42.5 Å². The van der Waals surface area contributed by atoms with Gasteiger partial charge in [-0.1, -0.05) is 42.5 Å². The highest BCUT2D eigenvalue weighted by Gasteiger charge is 2.52. The summed E-state index contributed by atoms with van der Waals surface area (Å²) in [6.45, 7) is 8.23. The molecule has 1 aliphatic heterocycles. The molecule has 1 saturated heterocycles. The van der Waals surface area contributed by atoms with Crippen molar-refractivity contribution in [1.82, 2.24) is 8.75 Å². The van der Waals surface area contributed by atoms with Crippen LogP contribution in [0.4, 0.5) is 0 Å². The number of aromatic nitrogens is 2. The number of benzene rings is 2. The van der Waals surface area contributed by atoms with Gasteiger partial charge >= 0.3 is 7.12 Å². The van der Waals surface area contributed by atoms with E-state index in [2.05, 4.69) is 54.6 Å². The zero-order valence-electron chi connectivity index (χ0n) is 14.2. The monoisotopic (exact) mass is 338 g/mol. The maximum atomic E-state index is 6.19. The predicted octanol–water partition coefficient (Wildman–Crippen LogP) is 3.66. The van der Waals surface area contributed by atoms with E-state index < -0.39 is 7.12 Å². The third kappa shape index (κ3) is 2.37. The fourth-order valence-electron chi connectivity index (χ4n) is 2.90. The van der Waals surface area contributed by atoms with E-state index in [4.69, 9.17) is 9.31 Å². The quantitative estimate of drug-likeness (QED) is 0.669. The topological polar surface area (TPSA) is 44.2 Å². The summed E-state index contributed by atoms with van der Waals surface area (Å²) in [6, 6.07) is 14.4. The van der Waals surface area contributed by atoms with Gasteiger partial charge in [0, 0.05) is 11.0 Å². The molecule has 0 spiro atoms. The lowest BCUT2D eigenvalue weighted by atomic mass is 9.77. The van der Waals surface area contributed by atoms with Gasteiger partial charge in [0.2, 0.25) is 0 Å². The van der Waals surface area contributed by atoms with Crippen molar-refractivity contribution in [2.45, 2.75) is 38.9 Å². The van der Waals surface area contributed by atoms with E-state index in [9.17, 15) is 0 Å². The molecular weight excluding hydrogens is 319 g/mol. The maximum Gasteiger partial charge on any atom is 0.497 e. The Balaban J connectivity index is 1.82. The van der Waals surface area contributed by atoms with Crippen LogP contribution in [0.5, 0.6) is 0 Å². The molecule has 0 aliphatic carbocycles. The van der Waals surface area contributed by atoms with Gasteiger partial charge < -0.3 is 9.31 Å². The molecule has 4 rings (SSSR count). The largest absolute Gasteiger partial charge is 0.497 e. The molecule has 122 valence electrons. The summed E-state index contributed by atoms with van der Waals surface area (Å²) in [7, 11) is -0.425. The number of nitrogens with zero attached hydrogens (tertiary/aromatic N) is 2. The molecule has 0 amide bonds. The standard InChI is InChI=1S/C18H19BN2O2S/c1-17(2)18(3,4)23-19(22-17)14-11-10-13(12-8-6-5-7-9-12)15-16(14)21-24-20-15/h5-11H,1-4H3. The minimum Gasteiger partial charge on any atom is -0.399 e. The van der Waals surface area contributed by atoms with Gasteiger partial charge in [0.15, 0.2) is 0 Å². The SMILES string of the molecule is CC1(C)OB(c2ccc(-c3ccccc3)c3nsnc23)OC1(C)C. The summed E-state index contributed by atoms with van der Waals surface area (Å²) in [5.41, 5.74) is 4.18. The highest BCUT2D eigenvalue weighted by Crippen LogP contribution is 2.37. The molecule has 6 heteroatoms. The van der Waals surface area contributed by atoms with E-state index in [1.165, 1.54) is 11.7 Å². The Bertz CT molecular complexity index is 876. The van der Waals surface area contributed by atoms with E-state index in [-0.39, 0.29) is 11.2 Å². The first-order chi connectivity index (χ1) is 11.4. The molecule has 0 atom stereocenters. The predicted molar refractivity (Wildman–Crippen MR) is 98.6 cm³/mol. The van der Waals surface area contributed by atoms with E-state index in [0.717, 1.165) is 27.6 Å². The fraction of sp³-hybridized carbons (Fsp3) is 0.333. The molecule has 2 heterocycles. The Morgan fingerprint density at radius 3 is 2.12 bits per heavy atom. The van der Waals surface area contributed by atoms with E-state index in [1.807, 2.05) is 24.3 Å². The van der Waals surface area contributed by atoms with Crippen LogP contribution < -0.4 is 5.46 Å². The molecule has 2 aromatic carbocycles. The first kappa shape index (κ1) is 15.8. The second-order valence-corrected chi connectivity index (χ2v) is 7.65. The zero-order chi connectivity index (χ0) is 16.9. The van der Waals surface area contributed by atoms with Crippen molar-refractivity contribution in [3.63, 3.8) is 0 Å². The minimum absolute atomic E-state index is 0.370. The summed E-state index contributed by atoms with van der Waals surface area (Å²) in [4.78, 5) is 0. The van der Waals surface area contributed by atoms with Crippen molar-refractivity contribution in [2.24, 2.45) is 0 Å². The summed E-state index contributed by atoms with van der Waals surface area (Å²) in [5.74, 6) is 0. The van der Waals surface area contributed by atoms with Crippen LogP contribution in [0.1, 0.15) is 27.7 Å². The Morgan fingerprint density at radius 1 is 0.833 bits per heavy atom. The molecule has 4 nitrogen and oxygen atoms in total. The van der Waals surface area contributed by atoms with Gasteiger partial charge in [0.25, 0.3) is 0 Å². The second kappa shape index (κ2) is 5.38. The first-order valence-corrected chi connectivity index (χ1v) is 8.78. The molecule has 3 aromatic rings. The van der Waals surface area contributed by atoms with Crippen LogP contribution in [-0.4, -0.2) is 27.1 Å². The van der Waals surface area contributed by atoms with Crippen LogP contribution in [0.15, 0.2) is 42.5 Å². The van der Waals surface area contributed by atoms with Crippen LogP contribution in [-0.2, 0) is 9.31 Å². The van der Waals surface area contributed by atoms with Gasteiger partial charge in [0.05, 0.1) is 22.9 Å². The van der Waals surface area contributed by atoms with Crippen LogP contribution in [0.2, 0.25) is 0 Å². The van der Waals surface area contributed by atoms with Crippen molar-refractivity contribution < 1.29 is 9.31 Å². The van der Waals surface area contributed by atoms with Crippen LogP contribution in [0.25, 0.3) is 22.2 Å². The number of hydrogen-bond acceptors (Lipinski definition) is 5. The highest BCUT2D eigenvalue weighted by molar-refractivity contribution is 7.00. The highest BCUT2D eigenvalue weighted by atomic mass is 32.1. The normalized spacial score (nSPS) is 19.1. The van der Waals surface area contributed by atoms with E-state index in [0.29, 0.717) is 0 Å². The fourth-order valence-corrected chi connectivity index (χ4v) is 3.48.